The molecule has 0 radical (unpaired) electrons. The van der Waals surface area contributed by atoms with Gasteiger partial charge in [-0.2, -0.15) is 0 Å². The summed E-state index contributed by atoms with van der Waals surface area (Å²) in [5, 5.41) is 3.43. The molecule has 1 N–H and O–H groups in total. The van der Waals surface area contributed by atoms with Crippen molar-refractivity contribution in [1.29, 1.82) is 0 Å². The van der Waals surface area contributed by atoms with Crippen LogP contribution in [0.25, 0.3) is 0 Å². The molecule has 0 bridgehead atoms. The van der Waals surface area contributed by atoms with E-state index < -0.39 is 10.0 Å². The van der Waals surface area contributed by atoms with Crippen molar-refractivity contribution in [3.8, 4) is 0 Å². The molecule has 1 atom stereocenters. The van der Waals surface area contributed by atoms with E-state index in [4.69, 9.17) is 11.6 Å². The van der Waals surface area contributed by atoms with E-state index in [0.29, 0.717) is 17.1 Å². The van der Waals surface area contributed by atoms with Crippen LogP contribution in [-0.2, 0) is 14.8 Å². The Bertz CT molecular complexity index is 1180. The van der Waals surface area contributed by atoms with E-state index in [0.717, 1.165) is 21.0 Å². The van der Waals surface area contributed by atoms with Crippen molar-refractivity contribution in [2.24, 2.45) is 0 Å². The molecule has 0 fully saturated rings. The molecule has 0 aromatic heterocycles. The van der Waals surface area contributed by atoms with Crippen LogP contribution in [0.3, 0.4) is 0 Å². The second kappa shape index (κ2) is 10.2. The quantitative estimate of drug-likeness (QED) is 0.478. The summed E-state index contributed by atoms with van der Waals surface area (Å²) >= 11 is 5.94. The Morgan fingerprint density at radius 2 is 1.59 bits per heavy atom. The van der Waals surface area contributed by atoms with Crippen molar-refractivity contribution in [3.63, 3.8) is 0 Å². The Balaban J connectivity index is 1.92. The summed E-state index contributed by atoms with van der Waals surface area (Å²) in [6.07, 6.45) is 0.684. The van der Waals surface area contributed by atoms with E-state index in [1.165, 1.54) is 24.3 Å². The fourth-order valence-corrected chi connectivity index (χ4v) is 5.08. The van der Waals surface area contributed by atoms with Crippen LogP contribution < -0.4 is 9.62 Å². The lowest BCUT2D eigenvalue weighted by Gasteiger charge is -2.27. The average Bonchev–Trinajstić information content (AvgIpc) is 2.77. The standard InChI is InChI=1S/C25H27ClN2O3S/c1-4-23(20-11-9-18(2)10-12-20)27-25(29)17-28(24-8-6-5-7-19(24)3)32(30,31)22-15-13-21(26)14-16-22/h5-16,23H,4,17H2,1-3H3,(H,27,29)/t23-/m1/s1. The Hall–Kier alpha value is -2.83. The molecule has 3 aromatic carbocycles. The van der Waals surface area contributed by atoms with Crippen LogP contribution in [0.2, 0.25) is 5.02 Å². The molecule has 0 aliphatic heterocycles. The molecule has 1 amide bonds. The first-order valence-corrected chi connectivity index (χ1v) is 12.2. The number of amides is 1. The summed E-state index contributed by atoms with van der Waals surface area (Å²) < 4.78 is 28.2. The van der Waals surface area contributed by atoms with Crippen molar-refractivity contribution >= 4 is 33.2 Å². The molecule has 7 heteroatoms. The minimum atomic E-state index is -3.99. The third-order valence-corrected chi connectivity index (χ3v) is 7.32. The van der Waals surface area contributed by atoms with Crippen molar-refractivity contribution < 1.29 is 13.2 Å². The van der Waals surface area contributed by atoms with E-state index in [1.807, 2.05) is 57.2 Å². The molecule has 3 aromatic rings. The van der Waals surface area contributed by atoms with Crippen LogP contribution in [0.5, 0.6) is 0 Å². The molecule has 168 valence electrons. The van der Waals surface area contributed by atoms with Crippen LogP contribution >= 0.6 is 11.6 Å². The molecule has 0 aliphatic carbocycles. The Morgan fingerprint density at radius 1 is 0.969 bits per heavy atom. The summed E-state index contributed by atoms with van der Waals surface area (Å²) in [7, 11) is -3.99. The maximum Gasteiger partial charge on any atom is 0.264 e. The number of halogens is 1. The largest absolute Gasteiger partial charge is 0.348 e. The number of anilines is 1. The molecule has 3 rings (SSSR count). The zero-order valence-corrected chi connectivity index (χ0v) is 20.0. The minimum Gasteiger partial charge on any atom is -0.348 e. The predicted octanol–water partition coefficient (Wildman–Crippen LogP) is 5.42. The maximum atomic E-state index is 13.5. The Morgan fingerprint density at radius 3 is 2.19 bits per heavy atom. The number of nitrogens with zero attached hydrogens (tertiary/aromatic N) is 1. The normalized spacial score (nSPS) is 12.2. The number of hydrogen-bond donors (Lipinski definition) is 1. The van der Waals surface area contributed by atoms with E-state index in [9.17, 15) is 13.2 Å². The average molecular weight is 471 g/mol. The summed E-state index contributed by atoms with van der Waals surface area (Å²) in [5.74, 6) is -0.377. The van der Waals surface area contributed by atoms with Crippen molar-refractivity contribution in [3.05, 3.63) is 94.5 Å². The second-order valence-electron chi connectivity index (χ2n) is 7.69. The highest BCUT2D eigenvalue weighted by atomic mass is 35.5. The van der Waals surface area contributed by atoms with E-state index in [2.05, 4.69) is 5.32 Å². The molecule has 0 unspecified atom stereocenters. The van der Waals surface area contributed by atoms with Crippen LogP contribution in [-0.4, -0.2) is 20.9 Å². The van der Waals surface area contributed by atoms with Gasteiger partial charge >= 0.3 is 0 Å². The SMILES string of the molecule is CC[C@@H](NC(=O)CN(c1ccccc1C)S(=O)(=O)c1ccc(Cl)cc1)c1ccc(C)cc1. The predicted molar refractivity (Wildman–Crippen MR) is 130 cm³/mol. The van der Waals surface area contributed by atoms with E-state index >= 15 is 0 Å². The van der Waals surface area contributed by atoms with Gasteiger partial charge in [0.1, 0.15) is 6.54 Å². The van der Waals surface area contributed by atoms with Crippen LogP contribution in [0.4, 0.5) is 5.69 Å². The number of carbonyl (C=O) groups excluding carboxylic acids is 1. The number of aryl methyl sites for hydroxylation is 2. The molecular formula is C25H27ClN2O3S. The zero-order chi connectivity index (χ0) is 23.3. The molecule has 0 spiro atoms. The molecule has 0 saturated carbocycles. The fraction of sp³-hybridized carbons (Fsp3) is 0.240. The highest BCUT2D eigenvalue weighted by molar-refractivity contribution is 7.92. The van der Waals surface area contributed by atoms with Gasteiger partial charge in [0.25, 0.3) is 10.0 Å². The highest BCUT2D eigenvalue weighted by Gasteiger charge is 2.29. The lowest BCUT2D eigenvalue weighted by Crippen LogP contribution is -2.42. The number of hydrogen-bond acceptors (Lipinski definition) is 3. The Labute approximate surface area is 195 Å². The van der Waals surface area contributed by atoms with Gasteiger partial charge in [-0.05, 0) is 61.7 Å². The molecule has 0 aliphatic rings. The van der Waals surface area contributed by atoms with Crippen molar-refractivity contribution in [1.82, 2.24) is 5.32 Å². The number of nitrogens with one attached hydrogen (secondary N) is 1. The lowest BCUT2D eigenvalue weighted by atomic mass is 10.0. The number of carbonyl (C=O) groups is 1. The first-order chi connectivity index (χ1) is 15.2. The third kappa shape index (κ3) is 5.50. The van der Waals surface area contributed by atoms with Crippen molar-refractivity contribution in [2.75, 3.05) is 10.8 Å². The zero-order valence-electron chi connectivity index (χ0n) is 18.4. The number of para-hydroxylation sites is 1. The number of rotatable bonds is 8. The molecule has 0 heterocycles. The molecule has 5 nitrogen and oxygen atoms in total. The number of benzene rings is 3. The van der Waals surface area contributed by atoms with E-state index in [-0.39, 0.29) is 23.4 Å². The van der Waals surface area contributed by atoms with Gasteiger partial charge in [-0.25, -0.2) is 8.42 Å². The van der Waals surface area contributed by atoms with Gasteiger partial charge in [-0.3, -0.25) is 9.10 Å². The van der Waals surface area contributed by atoms with Gasteiger partial charge in [0.15, 0.2) is 0 Å². The first-order valence-electron chi connectivity index (χ1n) is 10.4. The van der Waals surface area contributed by atoms with Crippen LogP contribution in [0, 0.1) is 13.8 Å². The van der Waals surface area contributed by atoms with Crippen LogP contribution in [0.15, 0.2) is 77.7 Å². The second-order valence-corrected chi connectivity index (χ2v) is 9.99. The van der Waals surface area contributed by atoms with Gasteiger partial charge in [0.2, 0.25) is 5.91 Å². The molecular weight excluding hydrogens is 444 g/mol. The summed E-state index contributed by atoms with van der Waals surface area (Å²) in [6, 6.07) is 20.8. The smallest absolute Gasteiger partial charge is 0.264 e. The summed E-state index contributed by atoms with van der Waals surface area (Å²) in [4.78, 5) is 13.1. The van der Waals surface area contributed by atoms with E-state index in [1.54, 1.807) is 12.1 Å². The maximum absolute atomic E-state index is 13.5. The number of sulfonamides is 1. The van der Waals surface area contributed by atoms with Gasteiger partial charge < -0.3 is 5.32 Å². The summed E-state index contributed by atoms with van der Waals surface area (Å²) in [5.41, 5.74) is 3.33. The van der Waals surface area contributed by atoms with Crippen molar-refractivity contribution in [2.45, 2.75) is 38.1 Å². The monoisotopic (exact) mass is 470 g/mol. The van der Waals surface area contributed by atoms with Crippen LogP contribution in [0.1, 0.15) is 36.1 Å². The molecule has 32 heavy (non-hydrogen) atoms. The fourth-order valence-electron chi connectivity index (χ4n) is 3.47. The lowest BCUT2D eigenvalue weighted by molar-refractivity contribution is -0.120. The van der Waals surface area contributed by atoms with Gasteiger partial charge in [-0.15, -0.1) is 0 Å². The minimum absolute atomic E-state index is 0.0727. The first kappa shape index (κ1) is 23.8. The third-order valence-electron chi connectivity index (χ3n) is 5.30. The summed E-state index contributed by atoms with van der Waals surface area (Å²) in [6.45, 7) is 5.47. The van der Waals surface area contributed by atoms with Gasteiger partial charge in [0, 0.05) is 5.02 Å². The van der Waals surface area contributed by atoms with Gasteiger partial charge in [-0.1, -0.05) is 66.6 Å². The molecule has 0 saturated heterocycles. The van der Waals surface area contributed by atoms with Gasteiger partial charge in [0.05, 0.1) is 16.6 Å². The topological polar surface area (TPSA) is 66.5 Å². The Kier molecular flexibility index (Phi) is 7.59. The highest BCUT2D eigenvalue weighted by Crippen LogP contribution is 2.27.